The third-order valence-electron chi connectivity index (χ3n) is 3.91. The molecule has 4 nitrogen and oxygen atoms in total. The third kappa shape index (κ3) is 3.07. The third-order valence-corrected chi connectivity index (χ3v) is 3.91. The van der Waals surface area contributed by atoms with Gasteiger partial charge in [-0.1, -0.05) is 18.6 Å². The molecule has 2 rings (SSSR count). The average molecular weight is 263 g/mol. The van der Waals surface area contributed by atoms with Crippen LogP contribution in [0.15, 0.2) is 24.3 Å². The van der Waals surface area contributed by atoms with E-state index in [2.05, 4.69) is 17.4 Å². The molecule has 4 heteroatoms. The first-order valence-corrected chi connectivity index (χ1v) is 6.60. The Balaban J connectivity index is 2.02. The standard InChI is InChI=1S/C15H21NO3/c1-18-10-14(17)16-11-15(8-3-9-15)12-4-6-13(19-2)7-5-12/h4-7H,3,8-11H2,1-2H3,(H,16,17). The number of hydrogen-bond donors (Lipinski definition) is 1. The quantitative estimate of drug-likeness (QED) is 0.852. The molecule has 0 bridgehead atoms. The number of methoxy groups -OCH3 is 2. The predicted molar refractivity (Wildman–Crippen MR) is 73.4 cm³/mol. The normalized spacial score (nSPS) is 16.5. The van der Waals surface area contributed by atoms with Gasteiger partial charge < -0.3 is 14.8 Å². The average Bonchev–Trinajstić information content (AvgIpc) is 2.38. The van der Waals surface area contributed by atoms with Gasteiger partial charge in [0, 0.05) is 19.1 Å². The van der Waals surface area contributed by atoms with Crippen molar-refractivity contribution in [2.45, 2.75) is 24.7 Å². The molecule has 0 atom stereocenters. The molecule has 1 saturated carbocycles. The summed E-state index contributed by atoms with van der Waals surface area (Å²) in [5.41, 5.74) is 1.37. The zero-order valence-corrected chi connectivity index (χ0v) is 11.6. The van der Waals surface area contributed by atoms with Gasteiger partial charge in [-0.2, -0.15) is 0 Å². The van der Waals surface area contributed by atoms with E-state index in [4.69, 9.17) is 9.47 Å². The zero-order valence-electron chi connectivity index (χ0n) is 11.6. The molecule has 1 aromatic rings. The lowest BCUT2D eigenvalue weighted by molar-refractivity contribution is -0.125. The Morgan fingerprint density at radius 1 is 1.26 bits per heavy atom. The van der Waals surface area contributed by atoms with Crippen molar-refractivity contribution in [1.82, 2.24) is 5.32 Å². The molecule has 104 valence electrons. The second kappa shape index (κ2) is 6.06. The molecule has 19 heavy (non-hydrogen) atoms. The van der Waals surface area contributed by atoms with Gasteiger partial charge in [-0.25, -0.2) is 0 Å². The van der Waals surface area contributed by atoms with E-state index >= 15 is 0 Å². The number of hydrogen-bond acceptors (Lipinski definition) is 3. The predicted octanol–water partition coefficient (Wildman–Crippen LogP) is 1.88. The van der Waals surface area contributed by atoms with Crippen molar-refractivity contribution in [1.29, 1.82) is 0 Å². The molecule has 0 aliphatic heterocycles. The fraction of sp³-hybridized carbons (Fsp3) is 0.533. The smallest absolute Gasteiger partial charge is 0.246 e. The van der Waals surface area contributed by atoms with Crippen LogP contribution in [0.4, 0.5) is 0 Å². The molecule has 0 unspecified atom stereocenters. The van der Waals surface area contributed by atoms with Crippen molar-refractivity contribution in [2.24, 2.45) is 0 Å². The molecule has 1 N–H and O–H groups in total. The number of rotatable bonds is 6. The van der Waals surface area contributed by atoms with Gasteiger partial charge in [-0.3, -0.25) is 4.79 Å². The van der Waals surface area contributed by atoms with Gasteiger partial charge in [-0.15, -0.1) is 0 Å². The molecule has 1 amide bonds. The van der Waals surface area contributed by atoms with Crippen LogP contribution in [-0.4, -0.2) is 33.3 Å². The molecular formula is C15H21NO3. The topological polar surface area (TPSA) is 47.6 Å². The largest absolute Gasteiger partial charge is 0.497 e. The van der Waals surface area contributed by atoms with Crippen LogP contribution in [0.3, 0.4) is 0 Å². The summed E-state index contributed by atoms with van der Waals surface area (Å²) in [5.74, 6) is 0.809. The van der Waals surface area contributed by atoms with E-state index in [0.29, 0.717) is 6.54 Å². The minimum absolute atomic E-state index is 0.0534. The van der Waals surface area contributed by atoms with Crippen LogP contribution in [-0.2, 0) is 14.9 Å². The van der Waals surface area contributed by atoms with E-state index in [9.17, 15) is 4.79 Å². The first-order chi connectivity index (χ1) is 9.20. The van der Waals surface area contributed by atoms with Crippen LogP contribution in [0.5, 0.6) is 5.75 Å². The minimum atomic E-state index is -0.0534. The summed E-state index contributed by atoms with van der Waals surface area (Å²) in [4.78, 5) is 11.5. The second-order valence-corrected chi connectivity index (χ2v) is 5.07. The molecule has 1 fully saturated rings. The van der Waals surface area contributed by atoms with Crippen LogP contribution < -0.4 is 10.1 Å². The summed E-state index contributed by atoms with van der Waals surface area (Å²) >= 11 is 0. The van der Waals surface area contributed by atoms with Crippen LogP contribution in [0.1, 0.15) is 24.8 Å². The Morgan fingerprint density at radius 2 is 1.95 bits per heavy atom. The van der Waals surface area contributed by atoms with Crippen molar-refractivity contribution >= 4 is 5.91 Å². The van der Waals surface area contributed by atoms with E-state index in [1.807, 2.05) is 12.1 Å². The first kappa shape index (κ1) is 13.9. The molecule has 0 saturated heterocycles. The van der Waals surface area contributed by atoms with Gasteiger partial charge in [0.1, 0.15) is 12.4 Å². The zero-order chi connectivity index (χ0) is 13.7. The Hall–Kier alpha value is -1.55. The molecule has 1 aromatic carbocycles. The van der Waals surface area contributed by atoms with Crippen LogP contribution in [0, 0.1) is 0 Å². The fourth-order valence-electron chi connectivity index (χ4n) is 2.57. The summed E-state index contributed by atoms with van der Waals surface area (Å²) in [6, 6.07) is 8.15. The lowest BCUT2D eigenvalue weighted by Gasteiger charge is -2.42. The molecular weight excluding hydrogens is 242 g/mol. The van der Waals surface area contributed by atoms with Gasteiger partial charge in [0.25, 0.3) is 0 Å². The molecule has 1 aliphatic carbocycles. The highest BCUT2D eigenvalue weighted by Crippen LogP contribution is 2.43. The van der Waals surface area contributed by atoms with Crippen molar-refractivity contribution in [3.05, 3.63) is 29.8 Å². The van der Waals surface area contributed by atoms with Crippen molar-refractivity contribution in [3.63, 3.8) is 0 Å². The lowest BCUT2D eigenvalue weighted by Crippen LogP contribution is -2.46. The number of benzene rings is 1. The molecule has 1 aliphatic rings. The summed E-state index contributed by atoms with van der Waals surface area (Å²) in [5, 5.41) is 2.96. The number of carbonyl (C=O) groups is 1. The highest BCUT2D eigenvalue weighted by molar-refractivity contribution is 5.77. The first-order valence-electron chi connectivity index (χ1n) is 6.60. The maximum Gasteiger partial charge on any atom is 0.246 e. The summed E-state index contributed by atoms with van der Waals surface area (Å²) in [6.07, 6.45) is 3.45. The van der Waals surface area contributed by atoms with Crippen molar-refractivity contribution < 1.29 is 14.3 Å². The lowest BCUT2D eigenvalue weighted by atomic mass is 9.64. The van der Waals surface area contributed by atoms with Crippen LogP contribution >= 0.6 is 0 Å². The Labute approximate surface area is 114 Å². The maximum atomic E-state index is 11.5. The van der Waals surface area contributed by atoms with Crippen LogP contribution in [0.25, 0.3) is 0 Å². The van der Waals surface area contributed by atoms with E-state index in [0.717, 1.165) is 18.6 Å². The Bertz CT molecular complexity index is 424. The van der Waals surface area contributed by atoms with Gasteiger partial charge in [0.05, 0.1) is 7.11 Å². The molecule has 0 heterocycles. The van der Waals surface area contributed by atoms with Crippen LogP contribution in [0.2, 0.25) is 0 Å². The van der Waals surface area contributed by atoms with Gasteiger partial charge in [0.15, 0.2) is 0 Å². The molecule has 0 radical (unpaired) electrons. The monoisotopic (exact) mass is 263 g/mol. The summed E-state index contributed by atoms with van der Waals surface area (Å²) in [7, 11) is 3.20. The fourth-order valence-corrected chi connectivity index (χ4v) is 2.57. The van der Waals surface area contributed by atoms with Gasteiger partial charge >= 0.3 is 0 Å². The van der Waals surface area contributed by atoms with Gasteiger partial charge in [0.2, 0.25) is 5.91 Å². The summed E-state index contributed by atoms with van der Waals surface area (Å²) in [6.45, 7) is 0.806. The maximum absolute atomic E-state index is 11.5. The number of nitrogens with one attached hydrogen (secondary N) is 1. The number of ether oxygens (including phenoxy) is 2. The number of amides is 1. The van der Waals surface area contributed by atoms with Crippen molar-refractivity contribution in [3.8, 4) is 5.75 Å². The molecule has 0 spiro atoms. The Kier molecular flexibility index (Phi) is 4.43. The van der Waals surface area contributed by atoms with E-state index < -0.39 is 0 Å². The van der Waals surface area contributed by atoms with Gasteiger partial charge in [-0.05, 0) is 30.5 Å². The SMILES string of the molecule is COCC(=O)NCC1(c2ccc(OC)cc2)CCC1. The van der Waals surface area contributed by atoms with E-state index in [-0.39, 0.29) is 17.9 Å². The summed E-state index contributed by atoms with van der Waals surface area (Å²) < 4.78 is 10.0. The highest BCUT2D eigenvalue weighted by atomic mass is 16.5. The molecule has 0 aromatic heterocycles. The van der Waals surface area contributed by atoms with Crippen molar-refractivity contribution in [2.75, 3.05) is 27.4 Å². The minimum Gasteiger partial charge on any atom is -0.497 e. The Morgan fingerprint density at radius 3 is 2.42 bits per heavy atom. The number of carbonyl (C=O) groups excluding carboxylic acids is 1. The second-order valence-electron chi connectivity index (χ2n) is 5.07. The van der Waals surface area contributed by atoms with E-state index in [1.165, 1.54) is 19.1 Å². The van der Waals surface area contributed by atoms with E-state index in [1.54, 1.807) is 7.11 Å². The highest BCUT2D eigenvalue weighted by Gasteiger charge is 2.38.